The molecule has 0 radical (unpaired) electrons. The van der Waals surface area contributed by atoms with E-state index in [0.29, 0.717) is 6.61 Å². The van der Waals surface area contributed by atoms with E-state index >= 15 is 0 Å². The topological polar surface area (TPSA) is 69.5 Å². The molecule has 1 aromatic rings. The number of nitrogens with zero attached hydrogens (tertiary/aromatic N) is 2. The number of azo groups is 1. The van der Waals surface area contributed by atoms with E-state index < -0.39 is 12.9 Å². The van der Waals surface area contributed by atoms with Crippen LogP contribution in [0.1, 0.15) is 23.0 Å². The van der Waals surface area contributed by atoms with E-state index in [1.54, 1.807) is 6.08 Å². The van der Waals surface area contributed by atoms with Gasteiger partial charge in [0.15, 0.2) is 0 Å². The average Bonchev–Trinajstić information content (AvgIpc) is 3.03. The largest absolute Gasteiger partial charge is 0.492 e. The fourth-order valence-electron chi connectivity index (χ4n) is 4.22. The Morgan fingerprint density at radius 2 is 2.00 bits per heavy atom. The molecule has 4 bridgehead atoms. The molecule has 6 nitrogen and oxygen atoms in total. The molecule has 3 aliphatic rings. The van der Waals surface area contributed by atoms with Gasteiger partial charge in [-0.25, -0.2) is 0 Å². The van der Waals surface area contributed by atoms with Crippen LogP contribution in [0.5, 0.6) is 0 Å². The van der Waals surface area contributed by atoms with Crippen molar-refractivity contribution in [2.24, 2.45) is 10.2 Å². The molecule has 1 aromatic carbocycles. The van der Waals surface area contributed by atoms with Gasteiger partial charge in [-0.1, -0.05) is 36.9 Å². The second-order valence-electron chi connectivity index (χ2n) is 6.06. The first-order valence-electron chi connectivity index (χ1n) is 7.80. The maximum absolute atomic E-state index is 13.5. The highest BCUT2D eigenvalue weighted by atomic mass is 31.2. The number of ether oxygens (including phenoxy) is 1. The van der Waals surface area contributed by atoms with E-state index in [2.05, 4.69) is 16.8 Å². The van der Waals surface area contributed by atoms with Crippen LogP contribution in [-0.2, 0) is 18.3 Å². The minimum absolute atomic E-state index is 0.214. The molecule has 0 saturated heterocycles. The van der Waals surface area contributed by atoms with Gasteiger partial charge in [0.1, 0.15) is 18.4 Å². The lowest BCUT2D eigenvalue weighted by Gasteiger charge is -2.38. The molecular weight excluding hydrogens is 327 g/mol. The molecule has 0 saturated carbocycles. The highest BCUT2D eigenvalue weighted by Gasteiger charge is 2.72. The Kier molecular flexibility index (Phi) is 3.53. The highest BCUT2D eigenvalue weighted by Crippen LogP contribution is 2.77. The van der Waals surface area contributed by atoms with E-state index in [9.17, 15) is 4.57 Å². The van der Waals surface area contributed by atoms with Crippen molar-refractivity contribution in [3.8, 4) is 0 Å². The second kappa shape index (κ2) is 5.38. The van der Waals surface area contributed by atoms with Crippen molar-refractivity contribution in [2.75, 3.05) is 20.8 Å². The molecular formula is C17H19N2O4P. The normalized spacial score (nSPS) is 32.4. The minimum Gasteiger partial charge on any atom is -0.492 e. The SMILES string of the molecule is C=CCOC1=CC2c3ccccc3C3C1N=NC23P(=O)(OC)OC. The second-order valence-corrected chi connectivity index (χ2v) is 8.50. The predicted octanol–water partition coefficient (Wildman–Crippen LogP) is 3.98. The molecule has 0 aromatic heterocycles. The van der Waals surface area contributed by atoms with Crippen LogP contribution < -0.4 is 0 Å². The lowest BCUT2D eigenvalue weighted by atomic mass is 9.83. The molecule has 4 unspecified atom stereocenters. The Hall–Kier alpha value is -1.75. The third kappa shape index (κ3) is 1.71. The van der Waals surface area contributed by atoms with Gasteiger partial charge >= 0.3 is 7.60 Å². The minimum atomic E-state index is -3.51. The summed E-state index contributed by atoms with van der Waals surface area (Å²) >= 11 is 0. The van der Waals surface area contributed by atoms with Crippen molar-refractivity contribution in [1.82, 2.24) is 0 Å². The summed E-state index contributed by atoms with van der Waals surface area (Å²) < 4.78 is 30.0. The number of hydrogen-bond donors (Lipinski definition) is 0. The summed E-state index contributed by atoms with van der Waals surface area (Å²) in [5.74, 6) is 0.276. The zero-order valence-electron chi connectivity index (χ0n) is 13.6. The van der Waals surface area contributed by atoms with Gasteiger partial charge in [-0.3, -0.25) is 4.57 Å². The fraction of sp³-hybridized carbons (Fsp3) is 0.412. The summed E-state index contributed by atoms with van der Waals surface area (Å²) in [7, 11) is -0.707. The van der Waals surface area contributed by atoms with Gasteiger partial charge in [0, 0.05) is 20.1 Å². The Morgan fingerprint density at radius 3 is 2.67 bits per heavy atom. The van der Waals surface area contributed by atoms with Crippen molar-refractivity contribution in [2.45, 2.75) is 23.2 Å². The number of rotatable bonds is 6. The smallest absolute Gasteiger partial charge is 0.361 e. The molecule has 4 rings (SSSR count). The molecule has 7 heteroatoms. The molecule has 0 amide bonds. The maximum Gasteiger partial charge on any atom is 0.361 e. The Labute approximate surface area is 140 Å². The van der Waals surface area contributed by atoms with Gasteiger partial charge in [0.05, 0.1) is 5.92 Å². The van der Waals surface area contributed by atoms with Crippen LogP contribution in [-0.4, -0.2) is 32.1 Å². The molecule has 1 heterocycles. The third-order valence-corrected chi connectivity index (χ3v) is 7.63. The predicted molar refractivity (Wildman–Crippen MR) is 89.2 cm³/mol. The van der Waals surface area contributed by atoms with Crippen LogP contribution in [0.4, 0.5) is 0 Å². The fourth-order valence-corrected chi connectivity index (χ4v) is 6.29. The number of hydrogen-bond acceptors (Lipinski definition) is 6. The number of benzene rings is 1. The van der Waals surface area contributed by atoms with E-state index in [1.165, 1.54) is 14.2 Å². The summed E-state index contributed by atoms with van der Waals surface area (Å²) in [5, 5.41) is 7.86. The zero-order chi connectivity index (χ0) is 16.9. The van der Waals surface area contributed by atoms with Crippen LogP contribution in [0.3, 0.4) is 0 Å². The molecule has 0 spiro atoms. The lowest BCUT2D eigenvalue weighted by Crippen LogP contribution is -2.40. The maximum atomic E-state index is 13.5. The van der Waals surface area contributed by atoms with Crippen LogP contribution in [0.2, 0.25) is 0 Å². The summed E-state index contributed by atoms with van der Waals surface area (Å²) in [6.45, 7) is 4.08. The first-order valence-corrected chi connectivity index (χ1v) is 9.35. The van der Waals surface area contributed by atoms with Gasteiger partial charge in [0.25, 0.3) is 0 Å². The summed E-state index contributed by atoms with van der Waals surface area (Å²) in [6.07, 6.45) is 3.67. The zero-order valence-corrected chi connectivity index (χ0v) is 14.5. The lowest BCUT2D eigenvalue weighted by molar-refractivity contribution is 0.195. The van der Waals surface area contributed by atoms with Crippen molar-refractivity contribution in [3.63, 3.8) is 0 Å². The van der Waals surface area contributed by atoms with Crippen LogP contribution in [0, 0.1) is 0 Å². The van der Waals surface area contributed by atoms with E-state index in [1.807, 2.05) is 30.3 Å². The van der Waals surface area contributed by atoms with Gasteiger partial charge < -0.3 is 13.8 Å². The van der Waals surface area contributed by atoms with Crippen molar-refractivity contribution < 1.29 is 18.3 Å². The molecule has 24 heavy (non-hydrogen) atoms. The molecule has 2 aliphatic carbocycles. The Balaban J connectivity index is 1.93. The van der Waals surface area contributed by atoms with E-state index in [0.717, 1.165) is 16.9 Å². The first-order chi connectivity index (χ1) is 11.6. The average molecular weight is 346 g/mol. The monoisotopic (exact) mass is 346 g/mol. The standard InChI is InChI=1S/C17H19N2O4P/c1-4-9-23-14-10-13-11-7-5-6-8-12(11)15-16(14)18-19-17(13,15)24(20,21-2)22-3/h4-8,10,13,15-16H,1,9H2,2-3H3. The quantitative estimate of drug-likeness (QED) is 0.577. The van der Waals surface area contributed by atoms with Gasteiger partial charge in [-0.15, -0.1) is 0 Å². The Morgan fingerprint density at radius 1 is 1.29 bits per heavy atom. The molecule has 1 aliphatic heterocycles. The molecule has 0 fully saturated rings. The van der Waals surface area contributed by atoms with Crippen molar-refractivity contribution in [1.29, 1.82) is 0 Å². The van der Waals surface area contributed by atoms with Crippen molar-refractivity contribution >= 4 is 7.60 Å². The van der Waals surface area contributed by atoms with Crippen LogP contribution in [0.25, 0.3) is 0 Å². The van der Waals surface area contributed by atoms with Gasteiger partial charge in [0.2, 0.25) is 5.28 Å². The van der Waals surface area contributed by atoms with Crippen LogP contribution >= 0.6 is 7.60 Å². The van der Waals surface area contributed by atoms with E-state index in [4.69, 9.17) is 13.8 Å². The first kappa shape index (κ1) is 15.8. The summed E-state index contributed by atoms with van der Waals surface area (Å²) in [4.78, 5) is 0. The van der Waals surface area contributed by atoms with Gasteiger partial charge in [-0.05, 0) is 17.2 Å². The third-order valence-electron chi connectivity index (χ3n) is 5.15. The summed E-state index contributed by atoms with van der Waals surface area (Å²) in [6, 6.07) is 7.71. The Bertz CT molecular complexity index is 798. The van der Waals surface area contributed by atoms with Gasteiger partial charge in [-0.2, -0.15) is 10.2 Å². The number of fused-ring (bicyclic) bond motifs is 2. The van der Waals surface area contributed by atoms with Crippen molar-refractivity contribution in [3.05, 3.63) is 59.9 Å². The molecule has 126 valence electrons. The van der Waals surface area contributed by atoms with E-state index in [-0.39, 0.29) is 17.9 Å². The molecule has 4 atom stereocenters. The molecule has 0 N–H and O–H groups in total. The highest BCUT2D eigenvalue weighted by molar-refractivity contribution is 7.55. The van der Waals surface area contributed by atoms with Crippen LogP contribution in [0.15, 0.2) is 59.0 Å². The summed E-state index contributed by atoms with van der Waals surface area (Å²) in [5.41, 5.74) is 2.16.